The van der Waals surface area contributed by atoms with Gasteiger partial charge in [-0.3, -0.25) is 0 Å². The second kappa shape index (κ2) is 4.34. The maximum absolute atomic E-state index is 4.74. The average molecular weight is 227 g/mol. The molecule has 1 saturated heterocycles. The second-order valence-electron chi connectivity index (χ2n) is 4.60. The van der Waals surface area contributed by atoms with E-state index >= 15 is 0 Å². The molecule has 3 heteroatoms. The van der Waals surface area contributed by atoms with E-state index in [0.717, 1.165) is 37.5 Å². The summed E-state index contributed by atoms with van der Waals surface area (Å²) in [5, 5.41) is 4.59. The third-order valence-corrected chi connectivity index (χ3v) is 3.27. The van der Waals surface area contributed by atoms with Crippen LogP contribution in [0.4, 0.5) is 5.82 Å². The van der Waals surface area contributed by atoms with Crippen LogP contribution in [-0.4, -0.2) is 31.2 Å². The van der Waals surface area contributed by atoms with E-state index in [4.69, 9.17) is 4.98 Å². The molecule has 1 aliphatic heterocycles. The number of pyridine rings is 1. The zero-order valence-corrected chi connectivity index (χ0v) is 10.1. The molecular formula is C14H17N3. The first-order valence-corrected chi connectivity index (χ1v) is 6.16. The van der Waals surface area contributed by atoms with Gasteiger partial charge in [0, 0.05) is 31.6 Å². The fourth-order valence-electron chi connectivity index (χ4n) is 2.30. The lowest BCUT2D eigenvalue weighted by Gasteiger charge is -2.28. The quantitative estimate of drug-likeness (QED) is 0.807. The van der Waals surface area contributed by atoms with Crippen molar-refractivity contribution in [2.45, 2.75) is 6.92 Å². The zero-order chi connectivity index (χ0) is 11.7. The molecule has 0 bridgehead atoms. The maximum atomic E-state index is 4.74. The third-order valence-electron chi connectivity index (χ3n) is 3.27. The normalized spacial score (nSPS) is 16.4. The number of nitrogens with one attached hydrogen (secondary N) is 1. The van der Waals surface area contributed by atoms with E-state index in [1.54, 1.807) is 0 Å². The number of rotatable bonds is 1. The Labute approximate surface area is 101 Å². The van der Waals surface area contributed by atoms with Gasteiger partial charge in [0.1, 0.15) is 5.82 Å². The Kier molecular flexibility index (Phi) is 2.69. The highest BCUT2D eigenvalue weighted by Crippen LogP contribution is 2.19. The summed E-state index contributed by atoms with van der Waals surface area (Å²) < 4.78 is 0. The molecule has 0 spiro atoms. The van der Waals surface area contributed by atoms with Gasteiger partial charge in [-0.2, -0.15) is 0 Å². The van der Waals surface area contributed by atoms with Crippen LogP contribution in [0.25, 0.3) is 10.9 Å². The topological polar surface area (TPSA) is 28.2 Å². The summed E-state index contributed by atoms with van der Waals surface area (Å²) in [4.78, 5) is 7.08. The first-order chi connectivity index (χ1) is 8.33. The van der Waals surface area contributed by atoms with Gasteiger partial charge < -0.3 is 10.2 Å². The highest BCUT2D eigenvalue weighted by Gasteiger charge is 2.11. The molecular weight excluding hydrogens is 210 g/mol. The zero-order valence-electron chi connectivity index (χ0n) is 10.1. The predicted octanol–water partition coefficient (Wildman–Crippen LogP) is 1.95. The van der Waals surface area contributed by atoms with E-state index in [-0.39, 0.29) is 0 Å². The van der Waals surface area contributed by atoms with Crippen molar-refractivity contribution in [3.63, 3.8) is 0 Å². The SMILES string of the molecule is Cc1ccc2nc(N3CCNCC3)ccc2c1. The average Bonchev–Trinajstić information content (AvgIpc) is 2.39. The number of anilines is 1. The molecule has 3 rings (SSSR count). The van der Waals surface area contributed by atoms with Crippen molar-refractivity contribution in [3.05, 3.63) is 35.9 Å². The summed E-state index contributed by atoms with van der Waals surface area (Å²) in [5.41, 5.74) is 2.38. The number of aromatic nitrogens is 1. The molecule has 0 unspecified atom stereocenters. The van der Waals surface area contributed by atoms with Gasteiger partial charge in [0.25, 0.3) is 0 Å². The summed E-state index contributed by atoms with van der Waals surface area (Å²) in [5.74, 6) is 1.10. The Balaban J connectivity index is 1.98. The summed E-state index contributed by atoms with van der Waals surface area (Å²) >= 11 is 0. The van der Waals surface area contributed by atoms with Gasteiger partial charge in [-0.15, -0.1) is 0 Å². The van der Waals surface area contributed by atoms with Gasteiger partial charge in [-0.25, -0.2) is 4.98 Å². The minimum absolute atomic E-state index is 1.05. The lowest BCUT2D eigenvalue weighted by Crippen LogP contribution is -2.43. The standard InChI is InChI=1S/C14H17N3/c1-11-2-4-13-12(10-11)3-5-14(16-13)17-8-6-15-7-9-17/h2-5,10,15H,6-9H2,1H3. The van der Waals surface area contributed by atoms with E-state index in [0.29, 0.717) is 0 Å². The number of fused-ring (bicyclic) bond motifs is 1. The molecule has 1 fully saturated rings. The molecule has 1 aromatic heterocycles. The molecule has 1 N–H and O–H groups in total. The summed E-state index contributed by atoms with van der Waals surface area (Å²) in [7, 11) is 0. The van der Waals surface area contributed by atoms with Crippen LogP contribution in [0.5, 0.6) is 0 Å². The van der Waals surface area contributed by atoms with Crippen molar-refractivity contribution in [1.29, 1.82) is 0 Å². The molecule has 0 atom stereocenters. The Morgan fingerprint density at radius 2 is 1.94 bits per heavy atom. The van der Waals surface area contributed by atoms with Crippen LogP contribution in [0.1, 0.15) is 5.56 Å². The highest BCUT2D eigenvalue weighted by molar-refractivity contribution is 5.81. The van der Waals surface area contributed by atoms with Crippen molar-refractivity contribution in [2.24, 2.45) is 0 Å². The molecule has 2 aromatic rings. The Bertz CT molecular complexity index is 530. The lowest BCUT2D eigenvalue weighted by molar-refractivity contribution is 0.585. The van der Waals surface area contributed by atoms with Gasteiger partial charge in [-0.1, -0.05) is 11.6 Å². The molecule has 0 saturated carbocycles. The monoisotopic (exact) mass is 227 g/mol. The van der Waals surface area contributed by atoms with Crippen LogP contribution >= 0.6 is 0 Å². The Morgan fingerprint density at radius 1 is 1.12 bits per heavy atom. The fourth-order valence-corrected chi connectivity index (χ4v) is 2.30. The van der Waals surface area contributed by atoms with Crippen molar-refractivity contribution in [1.82, 2.24) is 10.3 Å². The smallest absolute Gasteiger partial charge is 0.129 e. The van der Waals surface area contributed by atoms with Gasteiger partial charge in [-0.05, 0) is 31.2 Å². The molecule has 1 aliphatic rings. The second-order valence-corrected chi connectivity index (χ2v) is 4.60. The first kappa shape index (κ1) is 10.5. The minimum Gasteiger partial charge on any atom is -0.354 e. The summed E-state index contributed by atoms with van der Waals surface area (Å²) in [6.07, 6.45) is 0. The van der Waals surface area contributed by atoms with Crippen LogP contribution in [0.3, 0.4) is 0 Å². The van der Waals surface area contributed by atoms with Crippen molar-refractivity contribution in [3.8, 4) is 0 Å². The van der Waals surface area contributed by atoms with Gasteiger partial charge >= 0.3 is 0 Å². The number of benzene rings is 1. The molecule has 0 amide bonds. The molecule has 2 heterocycles. The molecule has 0 radical (unpaired) electrons. The van der Waals surface area contributed by atoms with Crippen molar-refractivity contribution >= 4 is 16.7 Å². The highest BCUT2D eigenvalue weighted by atomic mass is 15.2. The number of hydrogen-bond acceptors (Lipinski definition) is 3. The van der Waals surface area contributed by atoms with E-state index in [9.17, 15) is 0 Å². The van der Waals surface area contributed by atoms with Crippen LogP contribution in [0.2, 0.25) is 0 Å². The fraction of sp³-hybridized carbons (Fsp3) is 0.357. The molecule has 1 aromatic carbocycles. The number of piperazine rings is 1. The van der Waals surface area contributed by atoms with Gasteiger partial charge in [0.05, 0.1) is 5.52 Å². The van der Waals surface area contributed by atoms with E-state index in [1.165, 1.54) is 10.9 Å². The van der Waals surface area contributed by atoms with Crippen LogP contribution in [0.15, 0.2) is 30.3 Å². The molecule has 17 heavy (non-hydrogen) atoms. The maximum Gasteiger partial charge on any atom is 0.129 e. The van der Waals surface area contributed by atoms with Crippen LogP contribution in [0, 0.1) is 6.92 Å². The van der Waals surface area contributed by atoms with E-state index in [1.807, 2.05) is 0 Å². The first-order valence-electron chi connectivity index (χ1n) is 6.16. The number of hydrogen-bond donors (Lipinski definition) is 1. The number of nitrogens with zero attached hydrogens (tertiary/aromatic N) is 2. The largest absolute Gasteiger partial charge is 0.354 e. The van der Waals surface area contributed by atoms with Gasteiger partial charge in [0.2, 0.25) is 0 Å². The van der Waals surface area contributed by atoms with Crippen molar-refractivity contribution < 1.29 is 0 Å². The minimum atomic E-state index is 1.05. The Morgan fingerprint density at radius 3 is 2.76 bits per heavy atom. The lowest BCUT2D eigenvalue weighted by atomic mass is 10.1. The van der Waals surface area contributed by atoms with Crippen molar-refractivity contribution in [2.75, 3.05) is 31.1 Å². The van der Waals surface area contributed by atoms with E-state index in [2.05, 4.69) is 47.5 Å². The third kappa shape index (κ3) is 2.11. The molecule has 0 aliphatic carbocycles. The predicted molar refractivity (Wildman–Crippen MR) is 71.6 cm³/mol. The van der Waals surface area contributed by atoms with E-state index < -0.39 is 0 Å². The molecule has 88 valence electrons. The van der Waals surface area contributed by atoms with Crippen LogP contribution in [-0.2, 0) is 0 Å². The molecule has 3 nitrogen and oxygen atoms in total. The van der Waals surface area contributed by atoms with Crippen LogP contribution < -0.4 is 10.2 Å². The van der Waals surface area contributed by atoms with Gasteiger partial charge in [0.15, 0.2) is 0 Å². The summed E-state index contributed by atoms with van der Waals surface area (Å²) in [6.45, 7) is 6.31. The summed E-state index contributed by atoms with van der Waals surface area (Å²) in [6, 6.07) is 10.7. The number of aryl methyl sites for hydroxylation is 1. The Hall–Kier alpha value is -1.61.